The molecule has 0 unspecified atom stereocenters. The number of fused-ring (bicyclic) bond motifs is 7. The molecule has 0 aromatic carbocycles. The molecule has 0 saturated carbocycles. The van der Waals surface area contributed by atoms with Crippen LogP contribution < -0.4 is 21.3 Å². The molecule has 3 atom stereocenters. The maximum atomic E-state index is 13.1. The van der Waals surface area contributed by atoms with Gasteiger partial charge >= 0.3 is 5.97 Å². The molecular formula is C21H32N4O6S2. The van der Waals surface area contributed by atoms with Gasteiger partial charge in [0.25, 0.3) is 0 Å². The molecule has 2 aliphatic rings. The van der Waals surface area contributed by atoms with Crippen LogP contribution in [0.1, 0.15) is 40.5 Å². The van der Waals surface area contributed by atoms with Crippen LogP contribution in [0.5, 0.6) is 0 Å². The molecule has 2 aliphatic heterocycles. The van der Waals surface area contributed by atoms with E-state index in [1.165, 1.54) is 35.4 Å². The summed E-state index contributed by atoms with van der Waals surface area (Å²) in [6.07, 6.45) is 3.09. The van der Waals surface area contributed by atoms with E-state index in [4.69, 9.17) is 4.74 Å². The highest BCUT2D eigenvalue weighted by Gasteiger charge is 2.35. The van der Waals surface area contributed by atoms with Crippen molar-refractivity contribution in [2.75, 3.05) is 18.1 Å². The second kappa shape index (κ2) is 12.3. The zero-order valence-electron chi connectivity index (χ0n) is 19.3. The molecule has 0 aromatic heterocycles. The molecule has 0 spiro atoms. The maximum Gasteiger partial charge on any atom is 0.326 e. The van der Waals surface area contributed by atoms with Crippen molar-refractivity contribution in [1.82, 2.24) is 21.3 Å². The lowest BCUT2D eigenvalue weighted by Gasteiger charge is -2.30. The van der Waals surface area contributed by atoms with Crippen molar-refractivity contribution < 1.29 is 28.7 Å². The molecule has 184 valence electrons. The fraction of sp³-hybridized carbons (Fsp3) is 0.667. The van der Waals surface area contributed by atoms with E-state index in [0.29, 0.717) is 6.42 Å². The van der Waals surface area contributed by atoms with Gasteiger partial charge in [-0.25, -0.2) is 0 Å². The summed E-state index contributed by atoms with van der Waals surface area (Å²) in [5.41, 5.74) is -1.32. The zero-order valence-corrected chi connectivity index (χ0v) is 20.9. The number of carbonyl (C=O) groups is 5. The van der Waals surface area contributed by atoms with E-state index in [1.54, 1.807) is 19.9 Å². The van der Waals surface area contributed by atoms with Crippen molar-refractivity contribution in [3.63, 3.8) is 0 Å². The van der Waals surface area contributed by atoms with Crippen molar-refractivity contribution >= 4 is 51.2 Å². The number of esters is 1. The third-order valence-electron chi connectivity index (χ3n) is 5.00. The Morgan fingerprint density at radius 3 is 2.48 bits per heavy atom. The van der Waals surface area contributed by atoms with Crippen LogP contribution in [0, 0.1) is 5.92 Å². The fourth-order valence-electron chi connectivity index (χ4n) is 3.12. The van der Waals surface area contributed by atoms with Crippen molar-refractivity contribution in [3.8, 4) is 0 Å². The highest BCUT2D eigenvalue weighted by molar-refractivity contribution is 8.76. The van der Waals surface area contributed by atoms with E-state index < -0.39 is 59.9 Å². The lowest BCUT2D eigenvalue weighted by atomic mass is 10.0. The van der Waals surface area contributed by atoms with Crippen molar-refractivity contribution in [3.05, 3.63) is 12.2 Å². The van der Waals surface area contributed by atoms with E-state index >= 15 is 0 Å². The molecule has 4 N–H and O–H groups in total. The minimum absolute atomic E-state index is 0.187. The normalized spacial score (nSPS) is 29.1. The molecule has 1 saturated heterocycles. The average molecular weight is 501 g/mol. The molecule has 2 rings (SSSR count). The quantitative estimate of drug-likeness (QED) is 0.228. The first-order chi connectivity index (χ1) is 15.5. The van der Waals surface area contributed by atoms with Gasteiger partial charge in [0.05, 0.1) is 6.42 Å². The van der Waals surface area contributed by atoms with Crippen LogP contribution in [-0.2, 0) is 28.7 Å². The first-order valence-corrected chi connectivity index (χ1v) is 13.3. The van der Waals surface area contributed by atoms with E-state index in [2.05, 4.69) is 21.3 Å². The summed E-state index contributed by atoms with van der Waals surface area (Å²) in [6, 6.07) is -1.83. The van der Waals surface area contributed by atoms with Crippen LogP contribution in [0.25, 0.3) is 0 Å². The van der Waals surface area contributed by atoms with Gasteiger partial charge < -0.3 is 26.0 Å². The number of carbonyl (C=O) groups excluding carboxylic acids is 5. The Balaban J connectivity index is 2.44. The van der Waals surface area contributed by atoms with Gasteiger partial charge in [0, 0.05) is 11.5 Å². The van der Waals surface area contributed by atoms with Crippen LogP contribution in [0.15, 0.2) is 12.2 Å². The zero-order chi connectivity index (χ0) is 24.6. The molecule has 0 radical (unpaired) electrons. The SMILES string of the molecule is CC(C)[C@H]1NC(=O)[C@@H]2CSSCC/C=C/[C@@H](CC(=O)NC(C)(C)C(=O)N2)OC(=O)CNC1=O. The molecule has 2 heterocycles. The van der Waals surface area contributed by atoms with Gasteiger partial charge in [0.2, 0.25) is 23.6 Å². The Hall–Kier alpha value is -2.21. The van der Waals surface area contributed by atoms with Crippen molar-refractivity contribution in [1.29, 1.82) is 0 Å². The topological polar surface area (TPSA) is 143 Å². The summed E-state index contributed by atoms with van der Waals surface area (Å²) in [5.74, 6) is -2.09. The molecule has 0 aliphatic carbocycles. The third-order valence-corrected chi connectivity index (χ3v) is 7.45. The minimum Gasteiger partial charge on any atom is -0.456 e. The number of rotatable bonds is 1. The summed E-state index contributed by atoms with van der Waals surface area (Å²) >= 11 is 0. The smallest absolute Gasteiger partial charge is 0.326 e. The second-order valence-electron chi connectivity index (χ2n) is 8.70. The van der Waals surface area contributed by atoms with Crippen LogP contribution >= 0.6 is 21.6 Å². The van der Waals surface area contributed by atoms with Crippen LogP contribution in [0.4, 0.5) is 0 Å². The summed E-state index contributed by atoms with van der Waals surface area (Å²) in [4.78, 5) is 63.7. The van der Waals surface area contributed by atoms with Gasteiger partial charge in [-0.15, -0.1) is 0 Å². The van der Waals surface area contributed by atoms with Gasteiger partial charge in [-0.05, 0) is 32.3 Å². The average Bonchev–Trinajstić information content (AvgIpc) is 2.71. The largest absolute Gasteiger partial charge is 0.456 e. The molecule has 12 heteroatoms. The van der Waals surface area contributed by atoms with Crippen LogP contribution in [0.3, 0.4) is 0 Å². The standard InChI is InChI=1S/C21H32N4O6S2/c1-12(2)17-19(29)22-10-16(27)31-13-7-5-6-8-32-33-11-14(18(28)24-17)23-20(30)21(3,4)25-15(26)9-13/h5,7,12-14,17H,6,8-11H2,1-4H3,(H,22,29)(H,23,30)(H,24,28)(H,25,26)/b7-5+/t13-,14-,17+/m0/s1. The number of ether oxygens (including phenoxy) is 1. The fourth-order valence-corrected chi connectivity index (χ4v) is 5.27. The summed E-state index contributed by atoms with van der Waals surface area (Å²) in [6.45, 7) is 6.18. The lowest BCUT2D eigenvalue weighted by molar-refractivity contribution is -0.149. The van der Waals surface area contributed by atoms with Gasteiger partial charge in [-0.1, -0.05) is 41.5 Å². The molecule has 33 heavy (non-hydrogen) atoms. The van der Waals surface area contributed by atoms with E-state index in [0.717, 1.165) is 5.75 Å². The number of hydrogen-bond acceptors (Lipinski definition) is 8. The molecule has 4 amide bonds. The van der Waals surface area contributed by atoms with E-state index in [9.17, 15) is 24.0 Å². The maximum absolute atomic E-state index is 13.1. The lowest BCUT2D eigenvalue weighted by Crippen LogP contribution is -2.61. The Morgan fingerprint density at radius 1 is 1.06 bits per heavy atom. The molecular weight excluding hydrogens is 468 g/mol. The van der Waals surface area contributed by atoms with Crippen LogP contribution in [0.2, 0.25) is 0 Å². The number of allylic oxidation sites excluding steroid dienone is 1. The molecule has 10 nitrogen and oxygen atoms in total. The Bertz CT molecular complexity index is 802. The number of nitrogens with one attached hydrogen (secondary N) is 4. The van der Waals surface area contributed by atoms with Gasteiger partial charge in [-0.3, -0.25) is 24.0 Å². The third kappa shape index (κ3) is 8.58. The monoisotopic (exact) mass is 500 g/mol. The highest BCUT2D eigenvalue weighted by Crippen LogP contribution is 2.24. The first kappa shape index (κ1) is 27.0. The van der Waals surface area contributed by atoms with E-state index in [1.807, 2.05) is 6.08 Å². The highest BCUT2D eigenvalue weighted by atomic mass is 33.1. The Labute approximate surface area is 201 Å². The van der Waals surface area contributed by atoms with Gasteiger partial charge in [0.15, 0.2) is 0 Å². The van der Waals surface area contributed by atoms with E-state index in [-0.39, 0.29) is 18.1 Å². The second-order valence-corrected chi connectivity index (χ2v) is 11.3. The molecule has 2 bridgehead atoms. The summed E-state index contributed by atoms with van der Waals surface area (Å²) in [5, 5.41) is 10.5. The molecule has 0 aromatic rings. The Morgan fingerprint density at radius 2 is 1.79 bits per heavy atom. The van der Waals surface area contributed by atoms with Crippen molar-refractivity contribution in [2.45, 2.75) is 64.3 Å². The first-order valence-electron chi connectivity index (χ1n) is 10.8. The Kier molecular flexibility index (Phi) is 10.1. The predicted octanol–water partition coefficient (Wildman–Crippen LogP) is 0.280. The van der Waals surface area contributed by atoms with Gasteiger partial charge in [0.1, 0.15) is 30.3 Å². The summed E-state index contributed by atoms with van der Waals surface area (Å²) < 4.78 is 5.40. The predicted molar refractivity (Wildman–Crippen MR) is 127 cm³/mol. The van der Waals surface area contributed by atoms with Gasteiger partial charge in [-0.2, -0.15) is 0 Å². The summed E-state index contributed by atoms with van der Waals surface area (Å²) in [7, 11) is 2.96. The number of hydrogen-bond donors (Lipinski definition) is 4. The number of amides is 4. The van der Waals surface area contributed by atoms with Crippen LogP contribution in [-0.4, -0.2) is 71.4 Å². The minimum atomic E-state index is -1.32. The molecule has 1 fully saturated rings. The van der Waals surface area contributed by atoms with Crippen molar-refractivity contribution in [2.24, 2.45) is 5.92 Å².